The second kappa shape index (κ2) is 6.60. The lowest BCUT2D eigenvalue weighted by molar-refractivity contribution is 0.362. The van der Waals surface area contributed by atoms with Crippen molar-refractivity contribution in [3.63, 3.8) is 0 Å². The Kier molecular flexibility index (Phi) is 4.84. The molecule has 0 spiro atoms. The van der Waals surface area contributed by atoms with E-state index in [1.807, 2.05) is 25.2 Å². The quantitative estimate of drug-likeness (QED) is 0.818. The molecule has 0 saturated heterocycles. The molecule has 1 heterocycles. The van der Waals surface area contributed by atoms with E-state index in [1.165, 1.54) is 10.9 Å². The first-order valence-electron chi connectivity index (χ1n) is 6.96. The van der Waals surface area contributed by atoms with E-state index >= 15 is 0 Å². The van der Waals surface area contributed by atoms with Gasteiger partial charge in [-0.25, -0.2) is 0 Å². The summed E-state index contributed by atoms with van der Waals surface area (Å²) in [4.78, 5) is 2.12. The summed E-state index contributed by atoms with van der Waals surface area (Å²) in [5, 5.41) is 4.59. The molecule has 1 N–H and O–H groups in total. The topological polar surface area (TPSA) is 28.4 Å². The lowest BCUT2D eigenvalue weighted by Gasteiger charge is -2.14. The Balaban J connectivity index is 2.32. The molecule has 1 aromatic heterocycles. The summed E-state index contributed by atoms with van der Waals surface area (Å²) < 4.78 is 5.99. The maximum absolute atomic E-state index is 5.99. The molecule has 0 radical (unpaired) electrons. The van der Waals surface area contributed by atoms with Crippen LogP contribution in [0.3, 0.4) is 0 Å². The number of furan rings is 1. The van der Waals surface area contributed by atoms with E-state index in [4.69, 9.17) is 10.8 Å². The second-order valence-electron chi connectivity index (χ2n) is 5.41. The summed E-state index contributed by atoms with van der Waals surface area (Å²) in [5.74, 6) is 3.68. The van der Waals surface area contributed by atoms with Gasteiger partial charge >= 0.3 is 0 Å². The Hall–Kier alpha value is -1.76. The van der Waals surface area contributed by atoms with Gasteiger partial charge in [0.25, 0.3) is 0 Å². The Morgan fingerprint density at radius 1 is 1.35 bits per heavy atom. The third kappa shape index (κ3) is 3.41. The van der Waals surface area contributed by atoms with Crippen molar-refractivity contribution in [3.05, 3.63) is 35.6 Å². The highest BCUT2D eigenvalue weighted by Gasteiger charge is 2.15. The average molecular weight is 270 g/mol. The predicted molar refractivity (Wildman–Crippen MR) is 83.4 cm³/mol. The summed E-state index contributed by atoms with van der Waals surface area (Å²) in [5.41, 5.74) is 2.17. The van der Waals surface area contributed by atoms with E-state index in [0.29, 0.717) is 12.6 Å². The highest BCUT2D eigenvalue weighted by molar-refractivity contribution is 5.82. The van der Waals surface area contributed by atoms with Crippen LogP contribution in [0.4, 0.5) is 0 Å². The molecule has 2 aromatic rings. The largest absolute Gasteiger partial charge is 0.459 e. The molecule has 0 unspecified atom stereocenters. The van der Waals surface area contributed by atoms with Crippen LogP contribution in [0.2, 0.25) is 0 Å². The summed E-state index contributed by atoms with van der Waals surface area (Å²) >= 11 is 0. The molecule has 1 aromatic carbocycles. The number of para-hydroxylation sites is 1. The predicted octanol–water partition coefficient (Wildman–Crippen LogP) is 3.00. The number of fused-ring (bicyclic) bond motifs is 1. The normalized spacial score (nSPS) is 11.4. The summed E-state index contributed by atoms with van der Waals surface area (Å²) in [6.45, 7) is 6.44. The molecule has 0 aliphatic carbocycles. The molecule has 2 rings (SSSR count). The van der Waals surface area contributed by atoms with Crippen molar-refractivity contribution < 1.29 is 4.42 Å². The van der Waals surface area contributed by atoms with E-state index in [9.17, 15) is 0 Å². The van der Waals surface area contributed by atoms with Gasteiger partial charge in [-0.1, -0.05) is 38.0 Å². The molecule has 0 bridgehead atoms. The van der Waals surface area contributed by atoms with Gasteiger partial charge in [-0.05, 0) is 13.1 Å². The van der Waals surface area contributed by atoms with Crippen molar-refractivity contribution in [2.24, 2.45) is 0 Å². The number of rotatable bonds is 6. The molecular weight excluding hydrogens is 248 g/mol. The van der Waals surface area contributed by atoms with Gasteiger partial charge < -0.3 is 9.73 Å². The van der Waals surface area contributed by atoms with E-state index in [2.05, 4.69) is 36.1 Å². The number of benzene rings is 1. The smallest absolute Gasteiger partial charge is 0.134 e. The highest BCUT2D eigenvalue weighted by Crippen LogP contribution is 2.27. The van der Waals surface area contributed by atoms with Crippen LogP contribution >= 0.6 is 0 Å². The van der Waals surface area contributed by atoms with Crippen LogP contribution in [0.25, 0.3) is 11.0 Å². The molecule has 106 valence electrons. The van der Waals surface area contributed by atoms with Gasteiger partial charge in [0, 0.05) is 23.5 Å². The molecule has 0 fully saturated rings. The first-order valence-corrected chi connectivity index (χ1v) is 6.96. The third-order valence-corrected chi connectivity index (χ3v) is 3.24. The maximum Gasteiger partial charge on any atom is 0.134 e. The van der Waals surface area contributed by atoms with Crippen LogP contribution in [0, 0.1) is 12.3 Å². The van der Waals surface area contributed by atoms with Gasteiger partial charge in [0.15, 0.2) is 0 Å². The zero-order valence-corrected chi connectivity index (χ0v) is 12.4. The monoisotopic (exact) mass is 270 g/mol. The molecule has 0 aliphatic rings. The zero-order valence-electron chi connectivity index (χ0n) is 12.4. The van der Waals surface area contributed by atoms with Crippen molar-refractivity contribution in [2.75, 3.05) is 13.6 Å². The van der Waals surface area contributed by atoms with E-state index < -0.39 is 0 Å². The number of terminal acetylenes is 1. The third-order valence-electron chi connectivity index (χ3n) is 3.24. The summed E-state index contributed by atoms with van der Waals surface area (Å²) in [6.07, 6.45) is 5.38. The maximum atomic E-state index is 5.99. The number of hydrogen-bond acceptors (Lipinski definition) is 3. The van der Waals surface area contributed by atoms with Crippen LogP contribution in [0.5, 0.6) is 0 Å². The van der Waals surface area contributed by atoms with Crippen molar-refractivity contribution in [1.29, 1.82) is 0 Å². The molecular formula is C17H22N2O. The fraction of sp³-hybridized carbons (Fsp3) is 0.412. The van der Waals surface area contributed by atoms with E-state index in [0.717, 1.165) is 24.4 Å². The zero-order chi connectivity index (χ0) is 14.5. The first kappa shape index (κ1) is 14.6. The van der Waals surface area contributed by atoms with Crippen LogP contribution in [-0.4, -0.2) is 24.5 Å². The standard InChI is InChI=1S/C17H22N2O/c1-5-10-19(4)12-15-14-8-6-7-9-16(14)20-17(15)11-18-13(2)3/h1,6-9,13,18H,10-12H2,2-4H3. The number of nitrogens with one attached hydrogen (secondary N) is 1. The van der Waals surface area contributed by atoms with Crippen LogP contribution in [-0.2, 0) is 13.1 Å². The first-order chi connectivity index (χ1) is 9.61. The Bertz CT molecular complexity index is 607. The fourth-order valence-electron chi connectivity index (χ4n) is 2.24. The molecule has 0 amide bonds. The Morgan fingerprint density at radius 2 is 2.10 bits per heavy atom. The van der Waals surface area contributed by atoms with Crippen molar-refractivity contribution >= 4 is 11.0 Å². The summed E-state index contributed by atoms with van der Waals surface area (Å²) in [6, 6.07) is 8.60. The Morgan fingerprint density at radius 3 is 2.80 bits per heavy atom. The lowest BCUT2D eigenvalue weighted by atomic mass is 10.1. The van der Waals surface area contributed by atoms with Crippen LogP contribution in [0.1, 0.15) is 25.2 Å². The minimum Gasteiger partial charge on any atom is -0.459 e. The minimum atomic E-state index is 0.430. The van der Waals surface area contributed by atoms with E-state index in [-0.39, 0.29) is 0 Å². The molecule has 0 atom stereocenters. The van der Waals surface area contributed by atoms with Gasteiger partial charge in [0.2, 0.25) is 0 Å². The Labute approximate surface area is 121 Å². The molecule has 3 nitrogen and oxygen atoms in total. The van der Waals surface area contributed by atoms with Crippen molar-refractivity contribution in [3.8, 4) is 12.3 Å². The molecule has 3 heteroatoms. The van der Waals surface area contributed by atoms with Gasteiger partial charge in [0.1, 0.15) is 11.3 Å². The van der Waals surface area contributed by atoms with Gasteiger partial charge in [-0.15, -0.1) is 6.42 Å². The number of hydrogen-bond donors (Lipinski definition) is 1. The van der Waals surface area contributed by atoms with Crippen molar-refractivity contribution in [1.82, 2.24) is 10.2 Å². The highest BCUT2D eigenvalue weighted by atomic mass is 16.3. The van der Waals surface area contributed by atoms with Gasteiger partial charge in [0.05, 0.1) is 13.1 Å². The van der Waals surface area contributed by atoms with Gasteiger partial charge in [-0.3, -0.25) is 4.90 Å². The summed E-state index contributed by atoms with van der Waals surface area (Å²) in [7, 11) is 2.03. The second-order valence-corrected chi connectivity index (χ2v) is 5.41. The number of nitrogens with zero attached hydrogens (tertiary/aromatic N) is 1. The van der Waals surface area contributed by atoms with Crippen molar-refractivity contribution in [2.45, 2.75) is 33.0 Å². The molecule has 20 heavy (non-hydrogen) atoms. The van der Waals surface area contributed by atoms with E-state index in [1.54, 1.807) is 0 Å². The molecule has 0 saturated carbocycles. The van der Waals surface area contributed by atoms with Crippen LogP contribution in [0.15, 0.2) is 28.7 Å². The minimum absolute atomic E-state index is 0.430. The van der Waals surface area contributed by atoms with Gasteiger partial charge in [-0.2, -0.15) is 0 Å². The van der Waals surface area contributed by atoms with Crippen LogP contribution < -0.4 is 5.32 Å². The molecule has 0 aliphatic heterocycles. The average Bonchev–Trinajstić information content (AvgIpc) is 2.75. The SMILES string of the molecule is C#CCN(C)Cc1c(CNC(C)C)oc2ccccc12. The fourth-order valence-corrected chi connectivity index (χ4v) is 2.24. The lowest BCUT2D eigenvalue weighted by Crippen LogP contribution is -2.23.